The zero-order valence-corrected chi connectivity index (χ0v) is 11.4. The fourth-order valence-electron chi connectivity index (χ4n) is 2.06. The number of fused-ring (bicyclic) bond motifs is 1. The van der Waals surface area contributed by atoms with Crippen LogP contribution in [0.3, 0.4) is 0 Å². The summed E-state index contributed by atoms with van der Waals surface area (Å²) in [5, 5.41) is 0. The predicted molar refractivity (Wildman–Crippen MR) is 72.9 cm³/mol. The van der Waals surface area contributed by atoms with Crippen molar-refractivity contribution in [1.82, 2.24) is 14.5 Å². The largest absolute Gasteiger partial charge is 0.329 e. The first-order valence-electron chi connectivity index (χ1n) is 6.32. The number of benzene rings is 1. The zero-order valence-electron chi connectivity index (χ0n) is 11.4. The third-order valence-electron chi connectivity index (χ3n) is 3.40. The summed E-state index contributed by atoms with van der Waals surface area (Å²) >= 11 is 0. The van der Waals surface area contributed by atoms with Gasteiger partial charge in [-0.1, -0.05) is 0 Å². The predicted octanol–water partition coefficient (Wildman–Crippen LogP) is 2.96. The first-order chi connectivity index (χ1) is 8.58. The van der Waals surface area contributed by atoms with E-state index in [2.05, 4.69) is 11.9 Å². The molecule has 0 aliphatic carbocycles. The van der Waals surface area contributed by atoms with Crippen molar-refractivity contribution in [3.8, 4) is 0 Å². The Morgan fingerprint density at radius 1 is 1.22 bits per heavy atom. The van der Waals surface area contributed by atoms with Gasteiger partial charge in [-0.05, 0) is 51.0 Å². The van der Waals surface area contributed by atoms with E-state index in [0.29, 0.717) is 13.1 Å². The van der Waals surface area contributed by atoms with Crippen LogP contribution in [0.4, 0.5) is 4.79 Å². The average Bonchev–Trinajstić information content (AvgIpc) is 2.74. The zero-order chi connectivity index (χ0) is 13.3. The van der Waals surface area contributed by atoms with Gasteiger partial charge in [0.2, 0.25) is 0 Å². The molecule has 0 saturated carbocycles. The molecule has 18 heavy (non-hydrogen) atoms. The molecule has 0 aliphatic rings. The van der Waals surface area contributed by atoms with Gasteiger partial charge in [0, 0.05) is 13.1 Å². The number of hydrogen-bond acceptors (Lipinski definition) is 2. The standard InChI is InChI=1S/C14H19N3O/c1-5-16(6-2)14(18)17-9-15-12-7-10(3)11(4)8-13(12)17/h7-9H,5-6H2,1-4H3. The monoisotopic (exact) mass is 245 g/mol. The van der Waals surface area contributed by atoms with Gasteiger partial charge in [0.05, 0.1) is 11.0 Å². The molecule has 0 aliphatic heterocycles. The molecule has 0 radical (unpaired) electrons. The van der Waals surface area contributed by atoms with Crippen LogP contribution >= 0.6 is 0 Å². The topological polar surface area (TPSA) is 38.1 Å². The fraction of sp³-hybridized carbons (Fsp3) is 0.429. The van der Waals surface area contributed by atoms with Crippen LogP contribution in [0.25, 0.3) is 11.0 Å². The molecule has 1 amide bonds. The second-order valence-electron chi connectivity index (χ2n) is 4.49. The molecule has 1 heterocycles. The maximum absolute atomic E-state index is 12.3. The number of amides is 1. The number of aromatic nitrogens is 2. The van der Waals surface area contributed by atoms with Crippen molar-refractivity contribution < 1.29 is 4.79 Å². The highest BCUT2D eigenvalue weighted by atomic mass is 16.2. The van der Waals surface area contributed by atoms with E-state index in [1.807, 2.05) is 32.9 Å². The second-order valence-corrected chi connectivity index (χ2v) is 4.49. The second kappa shape index (κ2) is 4.80. The molecule has 1 aromatic heterocycles. The highest BCUT2D eigenvalue weighted by Crippen LogP contribution is 2.18. The van der Waals surface area contributed by atoms with E-state index in [4.69, 9.17) is 0 Å². The van der Waals surface area contributed by atoms with Crippen molar-refractivity contribution in [3.63, 3.8) is 0 Å². The van der Waals surface area contributed by atoms with E-state index in [0.717, 1.165) is 11.0 Å². The van der Waals surface area contributed by atoms with E-state index < -0.39 is 0 Å². The van der Waals surface area contributed by atoms with E-state index in [-0.39, 0.29) is 6.03 Å². The van der Waals surface area contributed by atoms with Gasteiger partial charge in [-0.3, -0.25) is 4.57 Å². The maximum Gasteiger partial charge on any atom is 0.329 e. The first-order valence-corrected chi connectivity index (χ1v) is 6.32. The quantitative estimate of drug-likeness (QED) is 0.815. The normalized spacial score (nSPS) is 10.9. The van der Waals surface area contributed by atoms with Crippen molar-refractivity contribution >= 4 is 17.1 Å². The summed E-state index contributed by atoms with van der Waals surface area (Å²) in [7, 11) is 0. The Bertz CT molecular complexity index is 582. The molecule has 0 saturated heterocycles. The molecule has 96 valence electrons. The Balaban J connectivity index is 2.52. The van der Waals surface area contributed by atoms with Crippen LogP contribution in [0, 0.1) is 13.8 Å². The van der Waals surface area contributed by atoms with E-state index in [9.17, 15) is 4.79 Å². The summed E-state index contributed by atoms with van der Waals surface area (Å²) in [5.41, 5.74) is 4.13. The van der Waals surface area contributed by atoms with Gasteiger partial charge >= 0.3 is 6.03 Å². The summed E-state index contributed by atoms with van der Waals surface area (Å²) in [6, 6.07) is 4.04. The Morgan fingerprint density at radius 2 is 1.83 bits per heavy atom. The maximum atomic E-state index is 12.3. The molecule has 1 aromatic carbocycles. The number of hydrogen-bond donors (Lipinski definition) is 0. The molecule has 0 bridgehead atoms. The minimum atomic E-state index is -0.00856. The van der Waals surface area contributed by atoms with Crippen LogP contribution in [0.2, 0.25) is 0 Å². The van der Waals surface area contributed by atoms with Gasteiger partial charge in [-0.2, -0.15) is 0 Å². The lowest BCUT2D eigenvalue weighted by Crippen LogP contribution is -2.33. The van der Waals surface area contributed by atoms with Crippen LogP contribution in [-0.4, -0.2) is 33.6 Å². The number of aryl methyl sites for hydroxylation is 2. The summed E-state index contributed by atoms with van der Waals surface area (Å²) in [6.45, 7) is 9.49. The van der Waals surface area contributed by atoms with Gasteiger partial charge in [0.1, 0.15) is 6.33 Å². The third-order valence-corrected chi connectivity index (χ3v) is 3.40. The van der Waals surface area contributed by atoms with Crippen molar-refractivity contribution in [3.05, 3.63) is 29.6 Å². The smallest absolute Gasteiger partial charge is 0.325 e. The summed E-state index contributed by atoms with van der Waals surface area (Å²) in [4.78, 5) is 18.4. The molecule has 0 fully saturated rings. The van der Waals surface area contributed by atoms with Crippen molar-refractivity contribution in [2.45, 2.75) is 27.7 Å². The highest BCUT2D eigenvalue weighted by Gasteiger charge is 2.15. The van der Waals surface area contributed by atoms with Gasteiger partial charge in [-0.15, -0.1) is 0 Å². The third kappa shape index (κ3) is 1.98. The number of rotatable bonds is 2. The lowest BCUT2D eigenvalue weighted by Gasteiger charge is -2.19. The average molecular weight is 245 g/mol. The molecule has 2 rings (SSSR count). The van der Waals surface area contributed by atoms with Gasteiger partial charge < -0.3 is 4.90 Å². The molecule has 0 atom stereocenters. The summed E-state index contributed by atoms with van der Waals surface area (Å²) < 4.78 is 1.63. The van der Waals surface area contributed by atoms with E-state index in [1.165, 1.54) is 11.1 Å². The molecule has 0 N–H and O–H groups in total. The minimum Gasteiger partial charge on any atom is -0.325 e. The number of carbonyl (C=O) groups is 1. The minimum absolute atomic E-state index is 0.00856. The van der Waals surface area contributed by atoms with E-state index in [1.54, 1.807) is 15.8 Å². The molecule has 0 spiro atoms. The van der Waals surface area contributed by atoms with Crippen LogP contribution in [-0.2, 0) is 0 Å². The number of imidazole rings is 1. The Morgan fingerprint density at radius 3 is 2.44 bits per heavy atom. The molecule has 4 nitrogen and oxygen atoms in total. The van der Waals surface area contributed by atoms with Crippen molar-refractivity contribution in [2.75, 3.05) is 13.1 Å². The molecular weight excluding hydrogens is 226 g/mol. The lowest BCUT2D eigenvalue weighted by atomic mass is 10.1. The van der Waals surface area contributed by atoms with Crippen molar-refractivity contribution in [2.24, 2.45) is 0 Å². The highest BCUT2D eigenvalue weighted by molar-refractivity contribution is 5.89. The van der Waals surface area contributed by atoms with Crippen molar-refractivity contribution in [1.29, 1.82) is 0 Å². The fourth-order valence-corrected chi connectivity index (χ4v) is 2.06. The molecule has 4 heteroatoms. The summed E-state index contributed by atoms with van der Waals surface area (Å²) in [6.07, 6.45) is 1.62. The van der Waals surface area contributed by atoms with Crippen LogP contribution < -0.4 is 0 Å². The SMILES string of the molecule is CCN(CC)C(=O)n1cnc2cc(C)c(C)cc21. The summed E-state index contributed by atoms with van der Waals surface area (Å²) in [5.74, 6) is 0. The van der Waals surface area contributed by atoms with Crippen LogP contribution in [0.1, 0.15) is 25.0 Å². The van der Waals surface area contributed by atoms with Gasteiger partial charge in [-0.25, -0.2) is 9.78 Å². The van der Waals surface area contributed by atoms with Gasteiger partial charge in [0.15, 0.2) is 0 Å². The van der Waals surface area contributed by atoms with Crippen LogP contribution in [0.15, 0.2) is 18.5 Å². The lowest BCUT2D eigenvalue weighted by molar-refractivity contribution is 0.206. The van der Waals surface area contributed by atoms with Gasteiger partial charge in [0.25, 0.3) is 0 Å². The van der Waals surface area contributed by atoms with Crippen LogP contribution in [0.5, 0.6) is 0 Å². The Labute approximate surface area is 107 Å². The number of nitrogens with zero attached hydrogens (tertiary/aromatic N) is 3. The molecule has 2 aromatic rings. The Kier molecular flexibility index (Phi) is 3.36. The molecular formula is C14H19N3O. The first kappa shape index (κ1) is 12.6. The Hall–Kier alpha value is -1.84. The molecule has 0 unspecified atom stereocenters. The number of carbonyl (C=O) groups excluding carboxylic acids is 1. The van der Waals surface area contributed by atoms with E-state index >= 15 is 0 Å².